The maximum absolute atomic E-state index is 11.8. The molecule has 0 aliphatic rings. The van der Waals surface area contributed by atoms with E-state index in [9.17, 15) is 4.79 Å². The summed E-state index contributed by atoms with van der Waals surface area (Å²) < 4.78 is 10.2. The van der Waals surface area contributed by atoms with Gasteiger partial charge in [0.25, 0.3) is 5.91 Å². The molecule has 0 heterocycles. The Morgan fingerprint density at radius 2 is 2.00 bits per heavy atom. The molecular formula is C12H17NO4. The van der Waals surface area contributed by atoms with E-state index in [1.807, 2.05) is 0 Å². The first kappa shape index (κ1) is 13.3. The molecule has 0 unspecified atom stereocenters. The summed E-state index contributed by atoms with van der Waals surface area (Å²) in [5.74, 6) is 0.809. The molecule has 94 valence electrons. The predicted molar refractivity (Wildman–Crippen MR) is 63.6 cm³/mol. The third kappa shape index (κ3) is 3.35. The fourth-order valence-corrected chi connectivity index (χ4v) is 1.33. The predicted octanol–water partition coefficient (Wildman–Crippen LogP) is 0.814. The number of methoxy groups -OCH3 is 2. The number of carbonyl (C=O) groups is 1. The zero-order valence-electron chi connectivity index (χ0n) is 10.2. The first-order valence-corrected chi connectivity index (χ1v) is 5.26. The maximum Gasteiger partial charge on any atom is 0.251 e. The number of ether oxygens (including phenoxy) is 2. The summed E-state index contributed by atoms with van der Waals surface area (Å²) in [6.07, 6.45) is 0. The van der Waals surface area contributed by atoms with E-state index >= 15 is 0 Å². The number of aliphatic hydroxyl groups is 1. The Morgan fingerprint density at radius 3 is 2.53 bits per heavy atom. The van der Waals surface area contributed by atoms with E-state index in [2.05, 4.69) is 5.32 Å². The number of carbonyl (C=O) groups excluding carboxylic acids is 1. The molecule has 0 bridgehead atoms. The van der Waals surface area contributed by atoms with Crippen LogP contribution in [0.3, 0.4) is 0 Å². The average molecular weight is 239 g/mol. The lowest BCUT2D eigenvalue weighted by molar-refractivity contribution is 0.0922. The highest BCUT2D eigenvalue weighted by atomic mass is 16.5. The number of benzene rings is 1. The quantitative estimate of drug-likeness (QED) is 0.798. The van der Waals surface area contributed by atoms with Crippen molar-refractivity contribution in [1.82, 2.24) is 5.32 Å². The second kappa shape index (κ2) is 6.10. The highest BCUT2D eigenvalue weighted by Gasteiger charge is 2.12. The van der Waals surface area contributed by atoms with E-state index in [1.54, 1.807) is 25.1 Å². The van der Waals surface area contributed by atoms with E-state index < -0.39 is 0 Å². The van der Waals surface area contributed by atoms with Crippen LogP contribution in [0.1, 0.15) is 17.3 Å². The van der Waals surface area contributed by atoms with Crippen LogP contribution >= 0.6 is 0 Å². The van der Waals surface area contributed by atoms with E-state index in [-0.39, 0.29) is 18.6 Å². The average Bonchev–Trinajstić information content (AvgIpc) is 2.37. The topological polar surface area (TPSA) is 67.8 Å². The van der Waals surface area contributed by atoms with Gasteiger partial charge in [0.2, 0.25) is 0 Å². The van der Waals surface area contributed by atoms with Crippen molar-refractivity contribution in [2.75, 3.05) is 20.8 Å². The molecule has 1 aromatic rings. The fourth-order valence-electron chi connectivity index (χ4n) is 1.33. The lowest BCUT2D eigenvalue weighted by atomic mass is 10.1. The van der Waals surface area contributed by atoms with Crippen molar-refractivity contribution in [2.24, 2.45) is 0 Å². The molecule has 0 fully saturated rings. The van der Waals surface area contributed by atoms with Crippen LogP contribution in [0.25, 0.3) is 0 Å². The third-order valence-electron chi connectivity index (χ3n) is 2.30. The van der Waals surface area contributed by atoms with Crippen LogP contribution in [0.4, 0.5) is 0 Å². The largest absolute Gasteiger partial charge is 0.493 e. The molecule has 5 heteroatoms. The molecule has 1 aromatic carbocycles. The van der Waals surface area contributed by atoms with Crippen molar-refractivity contribution in [3.63, 3.8) is 0 Å². The minimum atomic E-state index is -0.282. The molecule has 0 radical (unpaired) electrons. The highest BCUT2D eigenvalue weighted by Crippen LogP contribution is 2.27. The van der Waals surface area contributed by atoms with E-state index in [1.165, 1.54) is 14.2 Å². The Bertz CT molecular complexity index is 392. The van der Waals surface area contributed by atoms with E-state index in [4.69, 9.17) is 14.6 Å². The van der Waals surface area contributed by atoms with Crippen molar-refractivity contribution < 1.29 is 19.4 Å². The van der Waals surface area contributed by atoms with Crippen molar-refractivity contribution in [2.45, 2.75) is 13.0 Å². The number of hydrogen-bond acceptors (Lipinski definition) is 4. The summed E-state index contributed by atoms with van der Waals surface area (Å²) >= 11 is 0. The molecule has 0 saturated carbocycles. The van der Waals surface area contributed by atoms with Crippen molar-refractivity contribution >= 4 is 5.91 Å². The first-order chi connectivity index (χ1) is 8.12. The van der Waals surface area contributed by atoms with Gasteiger partial charge in [-0.3, -0.25) is 4.79 Å². The minimum absolute atomic E-state index is 0.0982. The molecular weight excluding hydrogens is 222 g/mol. The summed E-state index contributed by atoms with van der Waals surface area (Å²) in [6, 6.07) is 4.62. The van der Waals surface area contributed by atoms with Crippen LogP contribution in [0.5, 0.6) is 11.5 Å². The first-order valence-electron chi connectivity index (χ1n) is 5.26. The van der Waals surface area contributed by atoms with Gasteiger partial charge in [0.15, 0.2) is 11.5 Å². The molecule has 1 amide bonds. The Labute approximate surface area is 100 Å². The van der Waals surface area contributed by atoms with Gasteiger partial charge < -0.3 is 19.9 Å². The van der Waals surface area contributed by atoms with Gasteiger partial charge in [-0.1, -0.05) is 0 Å². The van der Waals surface area contributed by atoms with Crippen LogP contribution in [-0.4, -0.2) is 37.9 Å². The van der Waals surface area contributed by atoms with Gasteiger partial charge in [0.05, 0.1) is 20.8 Å². The van der Waals surface area contributed by atoms with Gasteiger partial charge in [-0.2, -0.15) is 0 Å². The summed E-state index contributed by atoms with van der Waals surface area (Å²) in [4.78, 5) is 11.8. The van der Waals surface area contributed by atoms with Gasteiger partial charge in [0, 0.05) is 11.6 Å². The van der Waals surface area contributed by atoms with E-state index in [0.29, 0.717) is 17.1 Å². The molecule has 0 spiro atoms. The third-order valence-corrected chi connectivity index (χ3v) is 2.30. The van der Waals surface area contributed by atoms with Crippen LogP contribution in [0.15, 0.2) is 18.2 Å². The van der Waals surface area contributed by atoms with Gasteiger partial charge in [-0.15, -0.1) is 0 Å². The summed E-state index contributed by atoms with van der Waals surface area (Å²) in [5.41, 5.74) is 0.461. The van der Waals surface area contributed by atoms with Crippen molar-refractivity contribution in [3.05, 3.63) is 23.8 Å². The molecule has 0 aliphatic carbocycles. The summed E-state index contributed by atoms with van der Waals surface area (Å²) in [5, 5.41) is 11.5. The highest BCUT2D eigenvalue weighted by molar-refractivity contribution is 5.95. The normalized spacial score (nSPS) is 11.8. The second-order valence-electron chi connectivity index (χ2n) is 3.63. The van der Waals surface area contributed by atoms with Gasteiger partial charge in [0.1, 0.15) is 0 Å². The smallest absolute Gasteiger partial charge is 0.251 e. The Hall–Kier alpha value is -1.75. The molecule has 1 atom stereocenters. The molecule has 1 rings (SSSR count). The van der Waals surface area contributed by atoms with Gasteiger partial charge in [-0.05, 0) is 25.1 Å². The van der Waals surface area contributed by atoms with Crippen LogP contribution < -0.4 is 14.8 Å². The molecule has 0 aromatic heterocycles. The Kier molecular flexibility index (Phi) is 4.78. The molecule has 17 heavy (non-hydrogen) atoms. The molecule has 5 nitrogen and oxygen atoms in total. The number of nitrogens with one attached hydrogen (secondary N) is 1. The standard InChI is InChI=1S/C12H17NO4/c1-8(7-14)13-12(15)9-4-5-10(16-2)11(6-9)17-3/h4-6,8,14H,7H2,1-3H3,(H,13,15)/t8-/m0/s1. The van der Waals surface area contributed by atoms with Gasteiger partial charge in [-0.25, -0.2) is 0 Å². The van der Waals surface area contributed by atoms with E-state index in [0.717, 1.165) is 0 Å². The lowest BCUT2D eigenvalue weighted by Gasteiger charge is -2.12. The maximum atomic E-state index is 11.8. The molecule has 2 N–H and O–H groups in total. The molecule has 0 aliphatic heterocycles. The number of hydrogen-bond donors (Lipinski definition) is 2. The fraction of sp³-hybridized carbons (Fsp3) is 0.417. The Balaban J connectivity index is 2.88. The van der Waals surface area contributed by atoms with Gasteiger partial charge >= 0.3 is 0 Å². The lowest BCUT2D eigenvalue weighted by Crippen LogP contribution is -2.34. The molecule has 0 saturated heterocycles. The number of amides is 1. The van der Waals surface area contributed by atoms with Crippen LogP contribution in [0.2, 0.25) is 0 Å². The van der Waals surface area contributed by atoms with Crippen LogP contribution in [-0.2, 0) is 0 Å². The summed E-state index contributed by atoms with van der Waals surface area (Å²) in [7, 11) is 3.04. The van der Waals surface area contributed by atoms with Crippen LogP contribution in [0, 0.1) is 0 Å². The summed E-state index contributed by atoms with van der Waals surface area (Å²) in [6.45, 7) is 1.62. The zero-order chi connectivity index (χ0) is 12.8. The zero-order valence-corrected chi connectivity index (χ0v) is 10.2. The minimum Gasteiger partial charge on any atom is -0.493 e. The van der Waals surface area contributed by atoms with Crippen molar-refractivity contribution in [1.29, 1.82) is 0 Å². The van der Waals surface area contributed by atoms with Crippen molar-refractivity contribution in [3.8, 4) is 11.5 Å². The monoisotopic (exact) mass is 239 g/mol. The second-order valence-corrected chi connectivity index (χ2v) is 3.63. The number of aliphatic hydroxyl groups excluding tert-OH is 1. The Morgan fingerprint density at radius 1 is 1.35 bits per heavy atom. The SMILES string of the molecule is COc1ccc(C(=O)N[C@@H](C)CO)cc1OC. The number of rotatable bonds is 5.